The first-order chi connectivity index (χ1) is 7.18. The molecular weight excluding hydrogens is 192 g/mol. The Morgan fingerprint density at radius 1 is 1.67 bits per heavy atom. The minimum atomic E-state index is -0.990. The quantitative estimate of drug-likeness (QED) is 0.686. The van der Waals surface area contributed by atoms with Gasteiger partial charge in [0.1, 0.15) is 6.04 Å². The molecule has 0 fully saturated rings. The molecule has 2 aromatic rings. The van der Waals surface area contributed by atoms with E-state index in [9.17, 15) is 4.79 Å². The van der Waals surface area contributed by atoms with E-state index in [0.717, 1.165) is 16.5 Å². The van der Waals surface area contributed by atoms with Gasteiger partial charge in [-0.3, -0.25) is 4.79 Å². The second-order valence-electron chi connectivity index (χ2n) is 3.35. The second-order valence-corrected chi connectivity index (χ2v) is 3.35. The summed E-state index contributed by atoms with van der Waals surface area (Å²) in [6.07, 6.45) is 2.07. The topological polar surface area (TPSA) is 79.1 Å². The van der Waals surface area contributed by atoms with Crippen molar-refractivity contribution in [1.82, 2.24) is 4.98 Å². The molecule has 0 amide bonds. The molecule has 15 heavy (non-hydrogen) atoms. The molecule has 1 aromatic carbocycles. The SMILES string of the molecule is N[C@@H](Cc1c[nH]c2c#cccc12)C(=O)O. The zero-order valence-corrected chi connectivity index (χ0v) is 7.95. The molecule has 0 saturated carbocycles. The van der Waals surface area contributed by atoms with Gasteiger partial charge in [-0.05, 0) is 23.8 Å². The fourth-order valence-electron chi connectivity index (χ4n) is 1.50. The highest BCUT2D eigenvalue weighted by molar-refractivity contribution is 5.83. The summed E-state index contributed by atoms with van der Waals surface area (Å²) in [4.78, 5) is 13.6. The zero-order valence-electron chi connectivity index (χ0n) is 7.95. The Labute approximate surface area is 86.7 Å². The molecule has 4 N–H and O–H groups in total. The van der Waals surface area contributed by atoms with Crippen molar-refractivity contribution in [2.24, 2.45) is 5.73 Å². The molecule has 0 saturated heterocycles. The minimum Gasteiger partial charge on any atom is -0.480 e. The van der Waals surface area contributed by atoms with Crippen molar-refractivity contribution < 1.29 is 9.90 Å². The fraction of sp³-hybridized carbons (Fsp3) is 0.182. The molecule has 2 rings (SSSR count). The number of carboxylic acid groups (broad SMARTS) is 1. The Morgan fingerprint density at radius 2 is 2.47 bits per heavy atom. The van der Waals surface area contributed by atoms with Gasteiger partial charge in [0.25, 0.3) is 0 Å². The molecule has 76 valence electrons. The molecule has 0 spiro atoms. The van der Waals surface area contributed by atoms with Gasteiger partial charge in [-0.2, -0.15) is 0 Å². The van der Waals surface area contributed by atoms with Crippen LogP contribution in [-0.2, 0) is 11.2 Å². The molecule has 1 atom stereocenters. The van der Waals surface area contributed by atoms with Crippen LogP contribution in [0, 0.1) is 12.1 Å². The fourth-order valence-corrected chi connectivity index (χ4v) is 1.50. The Kier molecular flexibility index (Phi) is 2.32. The number of aromatic amines is 1. The summed E-state index contributed by atoms with van der Waals surface area (Å²) in [6.45, 7) is 0. The van der Waals surface area contributed by atoms with E-state index in [4.69, 9.17) is 10.8 Å². The maximum absolute atomic E-state index is 10.6. The van der Waals surface area contributed by atoms with Crippen LogP contribution in [0.25, 0.3) is 10.9 Å². The molecule has 1 heterocycles. The van der Waals surface area contributed by atoms with Crippen LogP contribution < -0.4 is 5.73 Å². The Hall–Kier alpha value is -1.99. The minimum absolute atomic E-state index is 0.313. The van der Waals surface area contributed by atoms with Crippen molar-refractivity contribution in [2.45, 2.75) is 12.5 Å². The van der Waals surface area contributed by atoms with Gasteiger partial charge >= 0.3 is 5.97 Å². The molecule has 1 aromatic heterocycles. The summed E-state index contributed by atoms with van der Waals surface area (Å²) in [5.74, 6) is -0.990. The first-order valence-corrected chi connectivity index (χ1v) is 4.55. The Balaban J connectivity index is 2.32. The highest BCUT2D eigenvalue weighted by Gasteiger charge is 2.14. The van der Waals surface area contributed by atoms with Crippen LogP contribution in [0.1, 0.15) is 5.56 Å². The van der Waals surface area contributed by atoms with Crippen molar-refractivity contribution in [1.29, 1.82) is 0 Å². The summed E-state index contributed by atoms with van der Waals surface area (Å²) in [5, 5.41) is 9.65. The lowest BCUT2D eigenvalue weighted by Crippen LogP contribution is -2.32. The van der Waals surface area contributed by atoms with Gasteiger partial charge in [-0.15, -0.1) is 0 Å². The van der Waals surface area contributed by atoms with Gasteiger partial charge in [0.2, 0.25) is 0 Å². The monoisotopic (exact) mass is 202 g/mol. The first-order valence-electron chi connectivity index (χ1n) is 4.55. The second kappa shape index (κ2) is 3.64. The number of carboxylic acids is 1. The average Bonchev–Trinajstić information content (AvgIpc) is 2.62. The molecule has 0 aliphatic carbocycles. The van der Waals surface area contributed by atoms with Crippen LogP contribution in [0.15, 0.2) is 18.3 Å². The normalized spacial score (nSPS) is 12.3. The van der Waals surface area contributed by atoms with E-state index in [1.54, 1.807) is 12.3 Å². The number of nitrogens with one attached hydrogen (secondary N) is 1. The van der Waals surface area contributed by atoms with Crippen LogP contribution in [-0.4, -0.2) is 22.1 Å². The van der Waals surface area contributed by atoms with Gasteiger partial charge in [0.05, 0.1) is 5.52 Å². The van der Waals surface area contributed by atoms with Crippen LogP contribution in [0.3, 0.4) is 0 Å². The molecule has 4 nitrogen and oxygen atoms in total. The average molecular weight is 202 g/mol. The predicted octanol–water partition coefficient (Wildman–Crippen LogP) is 0.723. The van der Waals surface area contributed by atoms with Crippen LogP contribution >= 0.6 is 0 Å². The number of fused-ring (bicyclic) bond motifs is 1. The maximum Gasteiger partial charge on any atom is 0.320 e. The highest BCUT2D eigenvalue weighted by Crippen LogP contribution is 2.16. The third-order valence-corrected chi connectivity index (χ3v) is 2.29. The first kappa shape index (κ1) is 9.56. The summed E-state index contributed by atoms with van der Waals surface area (Å²) < 4.78 is 0. The highest BCUT2D eigenvalue weighted by atomic mass is 16.4. The maximum atomic E-state index is 10.6. The molecule has 0 radical (unpaired) electrons. The molecular formula is C11H10N2O2. The molecule has 0 aliphatic rings. The lowest BCUT2D eigenvalue weighted by atomic mass is 10.1. The van der Waals surface area contributed by atoms with E-state index >= 15 is 0 Å². The molecule has 0 unspecified atom stereocenters. The number of rotatable bonds is 3. The van der Waals surface area contributed by atoms with E-state index in [0.29, 0.717) is 6.42 Å². The lowest BCUT2D eigenvalue weighted by Gasteiger charge is -2.03. The van der Waals surface area contributed by atoms with Gasteiger partial charge in [0, 0.05) is 18.0 Å². The summed E-state index contributed by atoms with van der Waals surface area (Å²) in [7, 11) is 0. The Bertz CT molecular complexity index is 490. The molecule has 0 bridgehead atoms. The summed E-state index contributed by atoms with van der Waals surface area (Å²) >= 11 is 0. The van der Waals surface area contributed by atoms with E-state index in [1.165, 1.54) is 0 Å². The number of hydrogen-bond acceptors (Lipinski definition) is 2. The van der Waals surface area contributed by atoms with E-state index in [2.05, 4.69) is 17.1 Å². The number of carbonyl (C=O) groups is 1. The lowest BCUT2D eigenvalue weighted by molar-refractivity contribution is -0.138. The zero-order chi connectivity index (χ0) is 10.8. The third-order valence-electron chi connectivity index (χ3n) is 2.29. The number of aromatic nitrogens is 1. The van der Waals surface area contributed by atoms with Crippen molar-refractivity contribution in [3.8, 4) is 0 Å². The van der Waals surface area contributed by atoms with Crippen LogP contribution in [0.2, 0.25) is 0 Å². The van der Waals surface area contributed by atoms with Gasteiger partial charge in [0.15, 0.2) is 0 Å². The predicted molar refractivity (Wildman–Crippen MR) is 55.3 cm³/mol. The summed E-state index contributed by atoms with van der Waals surface area (Å²) in [6, 6.07) is 8.47. The summed E-state index contributed by atoms with van der Waals surface area (Å²) in [5.41, 5.74) is 7.19. The van der Waals surface area contributed by atoms with Crippen molar-refractivity contribution in [2.75, 3.05) is 0 Å². The number of nitrogens with two attached hydrogens (primary N) is 1. The molecule has 0 aliphatic heterocycles. The third kappa shape index (κ3) is 1.78. The number of H-pyrrole nitrogens is 1. The van der Waals surface area contributed by atoms with Crippen molar-refractivity contribution >= 4 is 16.9 Å². The van der Waals surface area contributed by atoms with Crippen molar-refractivity contribution in [3.05, 3.63) is 36.0 Å². The van der Waals surface area contributed by atoms with Crippen molar-refractivity contribution in [3.63, 3.8) is 0 Å². The van der Waals surface area contributed by atoms with Gasteiger partial charge < -0.3 is 15.8 Å². The smallest absolute Gasteiger partial charge is 0.320 e. The molecule has 4 heteroatoms. The standard InChI is InChI=1S/C11H10N2O2/c12-9(11(14)15)5-7-6-13-10-4-2-1-3-8(7)10/h1,3,6,9,13H,5,12H2,(H,14,15)/t9-/m0/s1. The van der Waals surface area contributed by atoms with Crippen LogP contribution in [0.5, 0.6) is 0 Å². The van der Waals surface area contributed by atoms with E-state index in [-0.39, 0.29) is 0 Å². The van der Waals surface area contributed by atoms with Gasteiger partial charge in [-0.25, -0.2) is 0 Å². The van der Waals surface area contributed by atoms with E-state index in [1.807, 2.05) is 6.07 Å². The van der Waals surface area contributed by atoms with Gasteiger partial charge in [-0.1, -0.05) is 6.07 Å². The Morgan fingerprint density at radius 3 is 3.20 bits per heavy atom. The number of aliphatic carboxylic acids is 1. The van der Waals surface area contributed by atoms with Crippen LogP contribution in [0.4, 0.5) is 0 Å². The number of hydrogen-bond donors (Lipinski definition) is 3. The largest absolute Gasteiger partial charge is 0.480 e. The van der Waals surface area contributed by atoms with E-state index < -0.39 is 12.0 Å².